The average Bonchev–Trinajstić information content (AvgIpc) is 2.68. The molecular formula is C12H9F2NOS. The zero-order valence-corrected chi connectivity index (χ0v) is 9.85. The van der Waals surface area contributed by atoms with E-state index in [2.05, 4.69) is 4.98 Å². The molecule has 0 amide bonds. The van der Waals surface area contributed by atoms with Crippen molar-refractivity contribution in [3.8, 4) is 0 Å². The Morgan fingerprint density at radius 1 is 1.41 bits per heavy atom. The molecule has 17 heavy (non-hydrogen) atoms. The van der Waals surface area contributed by atoms with Gasteiger partial charge in [0.15, 0.2) is 5.78 Å². The van der Waals surface area contributed by atoms with Crippen LogP contribution in [-0.2, 0) is 6.42 Å². The number of aryl methyl sites for hydroxylation is 1. The van der Waals surface area contributed by atoms with E-state index in [9.17, 15) is 13.6 Å². The minimum Gasteiger partial charge on any atom is -0.293 e. The van der Waals surface area contributed by atoms with Crippen LogP contribution in [0.15, 0.2) is 23.7 Å². The van der Waals surface area contributed by atoms with E-state index in [1.807, 2.05) is 0 Å². The minimum absolute atomic E-state index is 0.0743. The van der Waals surface area contributed by atoms with Gasteiger partial charge < -0.3 is 0 Å². The lowest BCUT2D eigenvalue weighted by Gasteiger charge is -2.02. The summed E-state index contributed by atoms with van der Waals surface area (Å²) in [6, 6.07) is 3.21. The number of Topliss-reactive ketones (excluding diaryl/α,β-unsaturated/α-hetero) is 1. The number of aromatic nitrogens is 1. The fourth-order valence-electron chi connectivity index (χ4n) is 1.49. The molecule has 1 aromatic carbocycles. The molecule has 2 rings (SSSR count). The van der Waals surface area contributed by atoms with Crippen molar-refractivity contribution in [3.63, 3.8) is 0 Å². The number of nitrogens with zero attached hydrogens (tertiary/aromatic N) is 1. The van der Waals surface area contributed by atoms with Gasteiger partial charge in [0, 0.05) is 12.5 Å². The molecule has 0 atom stereocenters. The fraction of sp³-hybridized carbons (Fsp3) is 0.167. The number of benzene rings is 1. The number of carbonyl (C=O) groups excluding carboxylic acids is 1. The number of ketones is 1. The lowest BCUT2D eigenvalue weighted by molar-refractivity contribution is 0.0995. The molecule has 0 spiro atoms. The molecule has 0 N–H and O–H groups in total. The first kappa shape index (κ1) is 11.9. The van der Waals surface area contributed by atoms with Gasteiger partial charge in [-0.3, -0.25) is 4.79 Å². The van der Waals surface area contributed by atoms with E-state index in [0.717, 1.165) is 12.1 Å². The van der Waals surface area contributed by atoms with Crippen LogP contribution in [-0.4, -0.2) is 10.8 Å². The van der Waals surface area contributed by atoms with Crippen molar-refractivity contribution in [2.24, 2.45) is 0 Å². The maximum atomic E-state index is 13.3. The molecular weight excluding hydrogens is 244 g/mol. The van der Waals surface area contributed by atoms with Gasteiger partial charge in [-0.2, -0.15) is 0 Å². The molecule has 0 aliphatic carbocycles. The van der Waals surface area contributed by atoms with Crippen molar-refractivity contribution in [1.29, 1.82) is 0 Å². The molecule has 1 aromatic heterocycles. The van der Waals surface area contributed by atoms with Gasteiger partial charge in [-0.15, -0.1) is 11.3 Å². The molecule has 2 nitrogen and oxygen atoms in total. The summed E-state index contributed by atoms with van der Waals surface area (Å²) in [4.78, 5) is 16.3. The molecule has 0 radical (unpaired) electrons. The molecule has 0 unspecified atom stereocenters. The maximum absolute atomic E-state index is 13.3. The summed E-state index contributed by atoms with van der Waals surface area (Å²) in [6.07, 6.45) is -0.0743. The van der Waals surface area contributed by atoms with E-state index in [0.29, 0.717) is 10.6 Å². The Kier molecular flexibility index (Phi) is 3.28. The smallest absolute Gasteiger partial charge is 0.179 e. The van der Waals surface area contributed by atoms with Gasteiger partial charge in [0.1, 0.15) is 11.6 Å². The quantitative estimate of drug-likeness (QED) is 0.786. The predicted molar refractivity (Wildman–Crippen MR) is 61.2 cm³/mol. The molecule has 0 aliphatic heterocycles. The molecule has 0 saturated carbocycles. The van der Waals surface area contributed by atoms with Gasteiger partial charge in [-0.05, 0) is 18.6 Å². The zero-order chi connectivity index (χ0) is 12.4. The highest BCUT2D eigenvalue weighted by atomic mass is 32.1. The molecule has 5 heteroatoms. The molecule has 0 bridgehead atoms. The third-order valence-electron chi connectivity index (χ3n) is 2.36. The highest BCUT2D eigenvalue weighted by Gasteiger charge is 2.14. The van der Waals surface area contributed by atoms with Gasteiger partial charge in [0.25, 0.3) is 0 Å². The van der Waals surface area contributed by atoms with Gasteiger partial charge in [-0.1, -0.05) is 6.07 Å². The number of carbonyl (C=O) groups is 1. The van der Waals surface area contributed by atoms with Crippen molar-refractivity contribution in [2.45, 2.75) is 13.3 Å². The van der Waals surface area contributed by atoms with Crippen LogP contribution in [0.1, 0.15) is 20.9 Å². The number of thiazole rings is 1. The Morgan fingerprint density at radius 2 is 2.18 bits per heavy atom. The summed E-state index contributed by atoms with van der Waals surface area (Å²) >= 11 is 1.23. The van der Waals surface area contributed by atoms with Crippen LogP contribution in [0.25, 0.3) is 0 Å². The SMILES string of the molecule is Cc1ncsc1C(=O)Cc1ccc(F)cc1F. The zero-order valence-electron chi connectivity index (χ0n) is 9.04. The topological polar surface area (TPSA) is 30.0 Å². The summed E-state index contributed by atoms with van der Waals surface area (Å²) in [5, 5.41) is 0. The first-order valence-corrected chi connectivity index (χ1v) is 5.83. The number of hydrogen-bond acceptors (Lipinski definition) is 3. The Balaban J connectivity index is 2.22. The monoisotopic (exact) mass is 253 g/mol. The van der Waals surface area contributed by atoms with Crippen LogP contribution >= 0.6 is 11.3 Å². The number of hydrogen-bond donors (Lipinski definition) is 0. The summed E-state index contributed by atoms with van der Waals surface area (Å²) < 4.78 is 26.0. The van der Waals surface area contributed by atoms with E-state index in [4.69, 9.17) is 0 Å². The van der Waals surface area contributed by atoms with E-state index in [1.165, 1.54) is 17.4 Å². The first-order valence-electron chi connectivity index (χ1n) is 4.95. The van der Waals surface area contributed by atoms with E-state index >= 15 is 0 Å². The highest BCUT2D eigenvalue weighted by molar-refractivity contribution is 7.11. The second-order valence-electron chi connectivity index (χ2n) is 3.60. The second kappa shape index (κ2) is 4.71. The van der Waals surface area contributed by atoms with Gasteiger partial charge in [0.05, 0.1) is 16.1 Å². The average molecular weight is 253 g/mol. The molecule has 0 saturated heterocycles. The van der Waals surface area contributed by atoms with Crippen LogP contribution in [0.3, 0.4) is 0 Å². The van der Waals surface area contributed by atoms with Crippen molar-refractivity contribution in [3.05, 3.63) is 51.5 Å². The van der Waals surface area contributed by atoms with Crippen molar-refractivity contribution >= 4 is 17.1 Å². The van der Waals surface area contributed by atoms with Crippen molar-refractivity contribution in [1.82, 2.24) is 4.98 Å². The number of halogens is 2. The summed E-state index contributed by atoms with van der Waals surface area (Å²) in [5.41, 5.74) is 2.41. The molecule has 1 heterocycles. The van der Waals surface area contributed by atoms with Crippen LogP contribution < -0.4 is 0 Å². The van der Waals surface area contributed by atoms with Crippen molar-refractivity contribution < 1.29 is 13.6 Å². The van der Waals surface area contributed by atoms with Crippen molar-refractivity contribution in [2.75, 3.05) is 0 Å². The normalized spacial score (nSPS) is 10.5. The Morgan fingerprint density at radius 3 is 2.76 bits per heavy atom. The molecule has 0 fully saturated rings. The third kappa shape index (κ3) is 2.55. The summed E-state index contributed by atoms with van der Waals surface area (Å²) in [5.74, 6) is -1.54. The van der Waals surface area contributed by atoms with Crippen LogP contribution in [0, 0.1) is 18.6 Å². The van der Waals surface area contributed by atoms with E-state index < -0.39 is 11.6 Å². The van der Waals surface area contributed by atoms with Gasteiger partial charge >= 0.3 is 0 Å². The standard InChI is InChI=1S/C12H9F2NOS/c1-7-12(17-6-15-7)11(16)4-8-2-3-9(13)5-10(8)14/h2-3,5-6H,4H2,1H3. The summed E-state index contributed by atoms with van der Waals surface area (Å²) in [7, 11) is 0. The summed E-state index contributed by atoms with van der Waals surface area (Å²) in [6.45, 7) is 1.73. The fourth-order valence-corrected chi connectivity index (χ4v) is 2.23. The maximum Gasteiger partial charge on any atom is 0.179 e. The van der Waals surface area contributed by atoms with Gasteiger partial charge in [0.2, 0.25) is 0 Å². The second-order valence-corrected chi connectivity index (χ2v) is 4.46. The van der Waals surface area contributed by atoms with E-state index in [1.54, 1.807) is 12.4 Å². The van der Waals surface area contributed by atoms with Crippen LogP contribution in [0.4, 0.5) is 8.78 Å². The molecule has 2 aromatic rings. The largest absolute Gasteiger partial charge is 0.293 e. The Hall–Kier alpha value is -1.62. The Bertz CT molecular complexity index is 565. The Labute approximate surface area is 101 Å². The first-order chi connectivity index (χ1) is 8.08. The molecule has 0 aliphatic rings. The van der Waals surface area contributed by atoms with Gasteiger partial charge in [-0.25, -0.2) is 13.8 Å². The van der Waals surface area contributed by atoms with Crippen LogP contribution in [0.5, 0.6) is 0 Å². The van der Waals surface area contributed by atoms with E-state index in [-0.39, 0.29) is 17.8 Å². The van der Waals surface area contributed by atoms with Crippen LogP contribution in [0.2, 0.25) is 0 Å². The lowest BCUT2D eigenvalue weighted by Crippen LogP contribution is -2.05. The third-order valence-corrected chi connectivity index (χ3v) is 3.33. The predicted octanol–water partition coefficient (Wildman–Crippen LogP) is 3.16. The highest BCUT2D eigenvalue weighted by Crippen LogP contribution is 2.17. The molecule has 88 valence electrons. The lowest BCUT2D eigenvalue weighted by atomic mass is 10.1. The minimum atomic E-state index is -0.694. The number of rotatable bonds is 3.